The Morgan fingerprint density at radius 3 is 2.12 bits per heavy atom. The Morgan fingerprint density at radius 1 is 0.769 bits per heavy atom. The van der Waals surface area contributed by atoms with E-state index < -0.39 is 0 Å². The SMILES string of the molecule is N#Cc1cc(Cl)cc(Oc2c(Cl)ccc3c2CCCN3)c1.N#Cc1cc(Cl)cc(Oc2c(Cl)ccc3c2CCCN3Cc2[nH]nc3ncccc23)c1. The first-order valence-corrected chi connectivity index (χ1v) is 18.0. The van der Waals surface area contributed by atoms with Crippen LogP contribution in [0.5, 0.6) is 23.0 Å². The van der Waals surface area contributed by atoms with Gasteiger partial charge in [0.05, 0.1) is 45.5 Å². The van der Waals surface area contributed by atoms with Crippen LogP contribution in [0.3, 0.4) is 0 Å². The molecule has 4 heterocycles. The van der Waals surface area contributed by atoms with Crippen molar-refractivity contribution < 1.29 is 9.47 Å². The zero-order valence-electron chi connectivity index (χ0n) is 27.5. The first-order chi connectivity index (χ1) is 25.3. The van der Waals surface area contributed by atoms with Crippen LogP contribution in [0.1, 0.15) is 40.8 Å². The van der Waals surface area contributed by atoms with Gasteiger partial charge in [-0.05, 0) is 98.5 Å². The normalized spacial score (nSPS) is 13.1. The van der Waals surface area contributed by atoms with Crippen LogP contribution in [0, 0.1) is 22.7 Å². The van der Waals surface area contributed by atoms with Gasteiger partial charge >= 0.3 is 0 Å². The van der Waals surface area contributed by atoms with Gasteiger partial charge in [0, 0.05) is 57.2 Å². The van der Waals surface area contributed by atoms with Crippen LogP contribution in [0.15, 0.2) is 79.0 Å². The molecule has 260 valence electrons. The maximum atomic E-state index is 9.22. The highest BCUT2D eigenvalue weighted by Gasteiger charge is 2.24. The van der Waals surface area contributed by atoms with E-state index in [1.165, 1.54) is 0 Å². The predicted octanol–water partition coefficient (Wildman–Crippen LogP) is 10.9. The zero-order chi connectivity index (χ0) is 36.2. The number of anilines is 2. The lowest BCUT2D eigenvalue weighted by molar-refractivity contribution is 0.472. The number of rotatable bonds is 6. The number of hydrogen-bond donors (Lipinski definition) is 2. The molecule has 0 spiro atoms. The quantitative estimate of drug-likeness (QED) is 0.172. The lowest BCUT2D eigenvalue weighted by atomic mass is 10.00. The average molecular weight is 770 g/mol. The second kappa shape index (κ2) is 15.6. The maximum Gasteiger partial charge on any atom is 0.181 e. The largest absolute Gasteiger partial charge is 0.455 e. The molecule has 2 aliphatic rings. The van der Waals surface area contributed by atoms with Gasteiger partial charge in [0.25, 0.3) is 0 Å². The van der Waals surface area contributed by atoms with Gasteiger partial charge < -0.3 is 19.7 Å². The summed E-state index contributed by atoms with van der Waals surface area (Å²) in [6.07, 6.45) is 5.49. The number of benzene rings is 4. The van der Waals surface area contributed by atoms with Crippen molar-refractivity contribution in [2.45, 2.75) is 32.2 Å². The molecule has 6 aromatic rings. The summed E-state index contributed by atoms with van der Waals surface area (Å²) in [6, 6.07) is 25.6. The first kappa shape index (κ1) is 35.3. The standard InChI is InChI=1S/C23H17Cl2N5O.C16H12Cl2N2O/c24-15-9-14(12-26)10-16(11-15)31-22-18-4-2-8-30(21(18)6-5-19(22)25)13-20-17-3-1-7-27-23(17)29-28-20;17-11-6-10(9-19)7-12(8-11)21-16-13-2-1-5-20-15(13)4-3-14(16)18/h1,3,5-7,9-11H,2,4,8,13H2,(H,27,28,29);3-4,6-8,20H,1-2,5H2. The molecule has 4 aromatic carbocycles. The van der Waals surface area contributed by atoms with Crippen molar-refractivity contribution in [3.05, 3.63) is 127 Å². The smallest absolute Gasteiger partial charge is 0.181 e. The first-order valence-electron chi connectivity index (χ1n) is 16.5. The summed E-state index contributed by atoms with van der Waals surface area (Å²) in [5.41, 5.74) is 6.83. The van der Waals surface area contributed by atoms with Gasteiger partial charge in [-0.25, -0.2) is 4.98 Å². The van der Waals surface area contributed by atoms with E-state index in [2.05, 4.69) is 37.5 Å². The van der Waals surface area contributed by atoms with Crippen LogP contribution in [-0.4, -0.2) is 28.3 Å². The van der Waals surface area contributed by atoms with Crippen LogP contribution < -0.4 is 19.7 Å². The Bertz CT molecular complexity index is 2380. The zero-order valence-corrected chi connectivity index (χ0v) is 30.5. The minimum atomic E-state index is 0.435. The minimum absolute atomic E-state index is 0.435. The molecule has 0 saturated carbocycles. The van der Waals surface area contributed by atoms with Crippen molar-refractivity contribution in [1.82, 2.24) is 15.2 Å². The number of pyridine rings is 1. The number of nitrogens with one attached hydrogen (secondary N) is 2. The summed E-state index contributed by atoms with van der Waals surface area (Å²) < 4.78 is 12.1. The molecule has 52 heavy (non-hydrogen) atoms. The summed E-state index contributed by atoms with van der Waals surface area (Å²) in [5.74, 6) is 2.24. The van der Waals surface area contributed by atoms with E-state index in [0.29, 0.717) is 66.4 Å². The van der Waals surface area contributed by atoms with Gasteiger partial charge in [0.1, 0.15) is 11.5 Å². The molecule has 13 heteroatoms. The molecule has 9 nitrogen and oxygen atoms in total. The van der Waals surface area contributed by atoms with Crippen LogP contribution in [0.4, 0.5) is 11.4 Å². The Labute approximate surface area is 320 Å². The Morgan fingerprint density at radius 2 is 1.42 bits per heavy atom. The molecule has 0 amide bonds. The van der Waals surface area contributed by atoms with Gasteiger partial charge in [-0.3, -0.25) is 5.10 Å². The Balaban J connectivity index is 0.000000175. The monoisotopic (exact) mass is 767 g/mol. The molecule has 0 atom stereocenters. The van der Waals surface area contributed by atoms with Gasteiger partial charge in [-0.15, -0.1) is 0 Å². The van der Waals surface area contributed by atoms with Crippen LogP contribution in [0.25, 0.3) is 11.0 Å². The second-order valence-electron chi connectivity index (χ2n) is 12.2. The third-order valence-corrected chi connectivity index (χ3v) is 9.74. The second-order valence-corrected chi connectivity index (χ2v) is 13.9. The number of ether oxygens (including phenoxy) is 2. The predicted molar refractivity (Wildman–Crippen MR) is 205 cm³/mol. The number of aromatic nitrogens is 3. The van der Waals surface area contributed by atoms with Gasteiger partial charge in [0.2, 0.25) is 0 Å². The van der Waals surface area contributed by atoms with E-state index in [0.717, 1.165) is 72.4 Å². The number of nitriles is 2. The highest BCUT2D eigenvalue weighted by Crippen LogP contribution is 2.43. The summed E-state index contributed by atoms with van der Waals surface area (Å²) in [7, 11) is 0. The topological polar surface area (TPSA) is 123 Å². The van der Waals surface area contributed by atoms with Gasteiger partial charge in [0.15, 0.2) is 17.1 Å². The number of halogens is 4. The summed E-state index contributed by atoms with van der Waals surface area (Å²) >= 11 is 24.9. The number of aromatic amines is 1. The molecule has 8 rings (SSSR count). The third-order valence-electron chi connectivity index (χ3n) is 8.71. The number of nitrogens with zero attached hydrogens (tertiary/aromatic N) is 5. The van der Waals surface area contributed by atoms with E-state index in [9.17, 15) is 5.26 Å². The number of fused-ring (bicyclic) bond motifs is 3. The molecule has 0 unspecified atom stereocenters. The van der Waals surface area contributed by atoms with Crippen LogP contribution >= 0.6 is 46.4 Å². The van der Waals surface area contributed by atoms with Crippen molar-refractivity contribution in [3.63, 3.8) is 0 Å². The Hall–Kier alpha value is -5.16. The molecule has 2 aliphatic heterocycles. The molecule has 2 aromatic heterocycles. The molecular weight excluding hydrogens is 740 g/mol. The minimum Gasteiger partial charge on any atom is -0.455 e. The summed E-state index contributed by atoms with van der Waals surface area (Å²) in [4.78, 5) is 6.59. The van der Waals surface area contributed by atoms with E-state index >= 15 is 0 Å². The van der Waals surface area contributed by atoms with Crippen molar-refractivity contribution in [2.24, 2.45) is 0 Å². The maximum absolute atomic E-state index is 9.22. The van der Waals surface area contributed by atoms with Crippen molar-refractivity contribution in [1.29, 1.82) is 10.5 Å². The molecule has 0 saturated heterocycles. The van der Waals surface area contributed by atoms with Crippen molar-refractivity contribution in [2.75, 3.05) is 23.3 Å². The fourth-order valence-corrected chi connectivity index (χ4v) is 7.28. The summed E-state index contributed by atoms with van der Waals surface area (Å²) in [5, 5.41) is 32.0. The summed E-state index contributed by atoms with van der Waals surface area (Å²) in [6.45, 7) is 2.53. The number of hydrogen-bond acceptors (Lipinski definition) is 8. The highest BCUT2D eigenvalue weighted by molar-refractivity contribution is 6.33. The fourth-order valence-electron chi connectivity index (χ4n) is 6.40. The molecule has 0 fully saturated rings. The van der Waals surface area contributed by atoms with Crippen molar-refractivity contribution in [3.8, 4) is 35.1 Å². The van der Waals surface area contributed by atoms with Gasteiger partial charge in [-0.1, -0.05) is 46.4 Å². The van der Waals surface area contributed by atoms with Gasteiger partial charge in [-0.2, -0.15) is 15.6 Å². The third kappa shape index (κ3) is 7.69. The number of H-pyrrole nitrogens is 1. The van der Waals surface area contributed by atoms with Crippen LogP contribution in [-0.2, 0) is 19.4 Å². The molecule has 0 bridgehead atoms. The Kier molecular flexibility index (Phi) is 10.6. The van der Waals surface area contributed by atoms with E-state index in [-0.39, 0.29) is 0 Å². The highest BCUT2D eigenvalue weighted by atomic mass is 35.5. The van der Waals surface area contributed by atoms with E-state index in [1.807, 2.05) is 36.4 Å². The van der Waals surface area contributed by atoms with Crippen LogP contribution in [0.2, 0.25) is 20.1 Å². The molecule has 0 aliphatic carbocycles. The average Bonchev–Trinajstić information content (AvgIpc) is 3.56. The molecular formula is C39H29Cl4N7O2. The molecule has 0 radical (unpaired) electrons. The van der Waals surface area contributed by atoms with E-state index in [1.54, 1.807) is 42.6 Å². The lowest BCUT2D eigenvalue weighted by Crippen LogP contribution is -2.29. The lowest BCUT2D eigenvalue weighted by Gasteiger charge is -2.32. The van der Waals surface area contributed by atoms with Crippen molar-refractivity contribution >= 4 is 68.8 Å². The molecule has 2 N–H and O–H groups in total. The fraction of sp³-hybridized carbons (Fsp3) is 0.179. The van der Waals surface area contributed by atoms with E-state index in [4.69, 9.17) is 61.1 Å².